The smallest absolute Gasteiger partial charge is 0.142 e. The van der Waals surface area contributed by atoms with Crippen LogP contribution in [0.25, 0.3) is 0 Å². The SMILES string of the molecule is CC1(C)C(=O)C2CCC1C2(C)C. The Balaban J connectivity index is 2.47. The number of fused-ring (bicyclic) bond motifs is 2. The summed E-state index contributed by atoms with van der Waals surface area (Å²) in [6, 6.07) is 0. The average Bonchev–Trinajstić information content (AvgIpc) is 2.27. The van der Waals surface area contributed by atoms with Crippen LogP contribution in [-0.4, -0.2) is 5.78 Å². The summed E-state index contributed by atoms with van der Waals surface area (Å²) in [7, 11) is 0. The molecule has 0 N–H and O–H groups in total. The van der Waals surface area contributed by atoms with Gasteiger partial charge in [0.1, 0.15) is 5.78 Å². The highest BCUT2D eigenvalue weighted by Crippen LogP contribution is 2.63. The first-order valence-corrected chi connectivity index (χ1v) is 4.93. The molecule has 0 aromatic carbocycles. The zero-order valence-electron chi connectivity index (χ0n) is 8.48. The normalized spacial score (nSPS) is 42.2. The van der Waals surface area contributed by atoms with Gasteiger partial charge in [0.15, 0.2) is 0 Å². The van der Waals surface area contributed by atoms with Gasteiger partial charge in [0, 0.05) is 11.3 Å². The van der Waals surface area contributed by atoms with Gasteiger partial charge >= 0.3 is 0 Å². The summed E-state index contributed by atoms with van der Waals surface area (Å²) in [6.07, 6.45) is 2.40. The molecular formula is C11H18O. The summed E-state index contributed by atoms with van der Waals surface area (Å²) < 4.78 is 0. The van der Waals surface area contributed by atoms with Gasteiger partial charge in [0.2, 0.25) is 0 Å². The molecule has 0 saturated heterocycles. The summed E-state index contributed by atoms with van der Waals surface area (Å²) in [4.78, 5) is 11.9. The van der Waals surface area contributed by atoms with Crippen molar-refractivity contribution in [3.05, 3.63) is 0 Å². The molecule has 0 amide bonds. The van der Waals surface area contributed by atoms with Gasteiger partial charge in [0.05, 0.1) is 0 Å². The number of hydrogen-bond acceptors (Lipinski definition) is 1. The van der Waals surface area contributed by atoms with Crippen LogP contribution in [0.4, 0.5) is 0 Å². The van der Waals surface area contributed by atoms with Gasteiger partial charge in [-0.1, -0.05) is 27.7 Å². The molecule has 12 heavy (non-hydrogen) atoms. The second-order valence-corrected chi connectivity index (χ2v) is 5.59. The maximum Gasteiger partial charge on any atom is 0.142 e. The van der Waals surface area contributed by atoms with Crippen LogP contribution in [0.15, 0.2) is 0 Å². The molecule has 1 nitrogen and oxygen atoms in total. The zero-order chi connectivity index (χ0) is 9.15. The van der Waals surface area contributed by atoms with E-state index in [0.717, 1.165) is 6.42 Å². The maximum absolute atomic E-state index is 11.9. The molecule has 1 heteroatoms. The van der Waals surface area contributed by atoms with Crippen LogP contribution in [0.3, 0.4) is 0 Å². The first-order chi connectivity index (χ1) is 5.38. The molecule has 2 saturated carbocycles. The lowest BCUT2D eigenvalue weighted by Crippen LogP contribution is -2.30. The molecule has 2 aliphatic carbocycles. The molecule has 0 aliphatic heterocycles. The third-order valence-corrected chi connectivity index (χ3v) is 4.36. The molecule has 2 aliphatic rings. The van der Waals surface area contributed by atoms with E-state index >= 15 is 0 Å². The van der Waals surface area contributed by atoms with E-state index in [2.05, 4.69) is 27.7 Å². The van der Waals surface area contributed by atoms with Gasteiger partial charge in [-0.25, -0.2) is 0 Å². The van der Waals surface area contributed by atoms with Crippen LogP contribution in [0.2, 0.25) is 0 Å². The molecule has 0 aromatic rings. The van der Waals surface area contributed by atoms with Crippen molar-refractivity contribution < 1.29 is 4.79 Å². The van der Waals surface area contributed by atoms with Gasteiger partial charge in [-0.15, -0.1) is 0 Å². The number of rotatable bonds is 0. The van der Waals surface area contributed by atoms with E-state index in [9.17, 15) is 4.79 Å². The van der Waals surface area contributed by atoms with Crippen LogP contribution < -0.4 is 0 Å². The van der Waals surface area contributed by atoms with Crippen molar-refractivity contribution in [3.63, 3.8) is 0 Å². The fraction of sp³-hybridized carbons (Fsp3) is 0.909. The fourth-order valence-corrected chi connectivity index (χ4v) is 3.70. The highest BCUT2D eigenvalue weighted by atomic mass is 16.1. The van der Waals surface area contributed by atoms with Crippen molar-refractivity contribution >= 4 is 5.78 Å². The monoisotopic (exact) mass is 166 g/mol. The summed E-state index contributed by atoms with van der Waals surface area (Å²) in [6.45, 7) is 8.78. The Morgan fingerprint density at radius 3 is 2.00 bits per heavy atom. The van der Waals surface area contributed by atoms with Crippen molar-refractivity contribution in [1.29, 1.82) is 0 Å². The quantitative estimate of drug-likeness (QED) is 0.540. The van der Waals surface area contributed by atoms with Crippen molar-refractivity contribution in [2.24, 2.45) is 22.7 Å². The van der Waals surface area contributed by atoms with Gasteiger partial charge in [0.25, 0.3) is 0 Å². The lowest BCUT2D eigenvalue weighted by molar-refractivity contribution is -0.130. The lowest BCUT2D eigenvalue weighted by atomic mass is 9.72. The lowest BCUT2D eigenvalue weighted by Gasteiger charge is -2.30. The first-order valence-electron chi connectivity index (χ1n) is 4.93. The standard InChI is InChI=1S/C11H18O/c1-10(2)7-5-6-8(10)11(3,4)9(7)12/h7-8H,5-6H2,1-4H3. The average molecular weight is 166 g/mol. The van der Waals surface area contributed by atoms with Crippen LogP contribution in [0.1, 0.15) is 40.5 Å². The Morgan fingerprint density at radius 2 is 1.75 bits per heavy atom. The molecule has 2 unspecified atom stereocenters. The fourth-order valence-electron chi connectivity index (χ4n) is 3.70. The minimum atomic E-state index is -0.0353. The van der Waals surface area contributed by atoms with E-state index in [1.165, 1.54) is 6.42 Å². The van der Waals surface area contributed by atoms with Crippen LogP contribution in [-0.2, 0) is 4.79 Å². The van der Waals surface area contributed by atoms with Crippen molar-refractivity contribution in [2.75, 3.05) is 0 Å². The Labute approximate surface area is 74.5 Å². The Bertz CT molecular complexity index is 237. The van der Waals surface area contributed by atoms with Crippen LogP contribution in [0, 0.1) is 22.7 Å². The molecule has 0 spiro atoms. The maximum atomic E-state index is 11.9. The zero-order valence-corrected chi connectivity index (χ0v) is 8.48. The van der Waals surface area contributed by atoms with E-state index in [-0.39, 0.29) is 10.8 Å². The number of hydrogen-bond donors (Lipinski definition) is 0. The highest BCUT2D eigenvalue weighted by Gasteiger charge is 2.62. The number of Topliss-reactive ketones (excluding diaryl/α,β-unsaturated/α-hetero) is 1. The second kappa shape index (κ2) is 1.94. The third kappa shape index (κ3) is 0.681. The molecule has 0 heterocycles. The molecule has 0 radical (unpaired) electrons. The van der Waals surface area contributed by atoms with E-state index in [1.54, 1.807) is 0 Å². The molecule has 2 atom stereocenters. The van der Waals surface area contributed by atoms with E-state index in [1.807, 2.05) is 0 Å². The van der Waals surface area contributed by atoms with E-state index in [4.69, 9.17) is 0 Å². The Hall–Kier alpha value is -0.330. The molecule has 2 bridgehead atoms. The summed E-state index contributed by atoms with van der Waals surface area (Å²) in [5.74, 6) is 1.50. The Kier molecular flexibility index (Phi) is 1.34. The minimum absolute atomic E-state index is 0.0353. The summed E-state index contributed by atoms with van der Waals surface area (Å²) in [5, 5.41) is 0. The van der Waals surface area contributed by atoms with E-state index in [0.29, 0.717) is 17.6 Å². The third-order valence-electron chi connectivity index (χ3n) is 4.36. The second-order valence-electron chi connectivity index (χ2n) is 5.59. The molecule has 0 aromatic heterocycles. The van der Waals surface area contributed by atoms with Gasteiger partial charge in [-0.2, -0.15) is 0 Å². The van der Waals surface area contributed by atoms with Crippen LogP contribution >= 0.6 is 0 Å². The molecule has 2 fully saturated rings. The van der Waals surface area contributed by atoms with Crippen molar-refractivity contribution in [3.8, 4) is 0 Å². The Morgan fingerprint density at radius 1 is 1.17 bits per heavy atom. The summed E-state index contributed by atoms with van der Waals surface area (Å²) >= 11 is 0. The number of carbonyl (C=O) groups is 1. The van der Waals surface area contributed by atoms with Crippen molar-refractivity contribution in [1.82, 2.24) is 0 Å². The van der Waals surface area contributed by atoms with Gasteiger partial charge in [-0.05, 0) is 24.2 Å². The topological polar surface area (TPSA) is 17.1 Å². The van der Waals surface area contributed by atoms with Crippen LogP contribution in [0.5, 0.6) is 0 Å². The number of ketones is 1. The largest absolute Gasteiger partial charge is 0.299 e. The first kappa shape index (κ1) is 8.28. The van der Waals surface area contributed by atoms with Gasteiger partial charge < -0.3 is 0 Å². The van der Waals surface area contributed by atoms with E-state index < -0.39 is 0 Å². The van der Waals surface area contributed by atoms with Gasteiger partial charge in [-0.3, -0.25) is 4.79 Å². The highest BCUT2D eigenvalue weighted by molar-refractivity contribution is 5.91. The molecular weight excluding hydrogens is 148 g/mol. The number of carbonyl (C=O) groups excluding carboxylic acids is 1. The summed E-state index contributed by atoms with van der Waals surface area (Å²) in [5.41, 5.74) is 0.243. The predicted octanol–water partition coefficient (Wildman–Crippen LogP) is 2.65. The van der Waals surface area contributed by atoms with Crippen molar-refractivity contribution in [2.45, 2.75) is 40.5 Å². The molecule has 68 valence electrons. The minimum Gasteiger partial charge on any atom is -0.299 e. The predicted molar refractivity (Wildman–Crippen MR) is 48.8 cm³/mol. The molecule has 2 rings (SSSR count).